The number of carboxylic acids is 1. The van der Waals surface area contributed by atoms with Crippen LogP contribution in [0.1, 0.15) is 26.3 Å². The maximum absolute atomic E-state index is 10.4. The van der Waals surface area contributed by atoms with Gasteiger partial charge in [0.05, 0.1) is 0 Å². The molecular weight excluding hydrogens is 228 g/mol. The Morgan fingerprint density at radius 1 is 1.50 bits per heavy atom. The third kappa shape index (κ3) is 4.57. The zero-order chi connectivity index (χ0) is 13.5. The standard InChI is InChI=1S/C14H20N2O2/c1-4-16(10-11(2)3)13-7-5-12(9-15-13)6-8-14(17)18/h5-9,11H,4,10H2,1-3H3,(H,17,18)/b8-6+. The summed E-state index contributed by atoms with van der Waals surface area (Å²) in [6.45, 7) is 8.32. The lowest BCUT2D eigenvalue weighted by Crippen LogP contribution is -2.27. The third-order valence-corrected chi connectivity index (χ3v) is 2.48. The Hall–Kier alpha value is -1.84. The summed E-state index contributed by atoms with van der Waals surface area (Å²) in [5.74, 6) is 0.561. The second-order valence-corrected chi connectivity index (χ2v) is 4.55. The molecule has 4 heteroatoms. The molecule has 0 radical (unpaired) electrons. The largest absolute Gasteiger partial charge is 0.478 e. The quantitative estimate of drug-likeness (QED) is 0.786. The fraction of sp³-hybridized carbons (Fsp3) is 0.429. The number of pyridine rings is 1. The number of nitrogens with zero attached hydrogens (tertiary/aromatic N) is 2. The van der Waals surface area contributed by atoms with E-state index >= 15 is 0 Å². The lowest BCUT2D eigenvalue weighted by atomic mass is 10.2. The summed E-state index contributed by atoms with van der Waals surface area (Å²) in [4.78, 5) is 17.0. The molecule has 0 bridgehead atoms. The van der Waals surface area contributed by atoms with Crippen LogP contribution < -0.4 is 4.90 Å². The van der Waals surface area contributed by atoms with E-state index < -0.39 is 5.97 Å². The van der Waals surface area contributed by atoms with Crippen LogP contribution in [-0.4, -0.2) is 29.1 Å². The topological polar surface area (TPSA) is 53.4 Å². The maximum Gasteiger partial charge on any atom is 0.328 e. The van der Waals surface area contributed by atoms with Crippen LogP contribution in [0.4, 0.5) is 5.82 Å². The summed E-state index contributed by atoms with van der Waals surface area (Å²) in [5.41, 5.74) is 0.793. The molecule has 0 amide bonds. The summed E-state index contributed by atoms with van der Waals surface area (Å²) >= 11 is 0. The molecule has 0 saturated carbocycles. The molecule has 0 unspecified atom stereocenters. The van der Waals surface area contributed by atoms with Crippen molar-refractivity contribution in [3.05, 3.63) is 30.0 Å². The predicted molar refractivity (Wildman–Crippen MR) is 73.6 cm³/mol. The van der Waals surface area contributed by atoms with Crippen molar-refractivity contribution < 1.29 is 9.90 Å². The van der Waals surface area contributed by atoms with Crippen molar-refractivity contribution in [1.82, 2.24) is 4.98 Å². The highest BCUT2D eigenvalue weighted by molar-refractivity contribution is 5.85. The van der Waals surface area contributed by atoms with Gasteiger partial charge >= 0.3 is 5.97 Å². The monoisotopic (exact) mass is 248 g/mol. The van der Waals surface area contributed by atoms with Gasteiger partial charge < -0.3 is 10.0 Å². The second kappa shape index (κ2) is 6.79. The molecule has 98 valence electrons. The first-order valence-electron chi connectivity index (χ1n) is 6.15. The van der Waals surface area contributed by atoms with Gasteiger partial charge in [0.15, 0.2) is 0 Å². The molecule has 1 N–H and O–H groups in total. The number of hydrogen-bond donors (Lipinski definition) is 1. The fourth-order valence-corrected chi connectivity index (χ4v) is 1.68. The number of rotatable bonds is 6. The molecule has 0 atom stereocenters. The van der Waals surface area contributed by atoms with Gasteiger partial charge in [-0.25, -0.2) is 9.78 Å². The van der Waals surface area contributed by atoms with E-state index in [-0.39, 0.29) is 0 Å². The molecule has 0 saturated heterocycles. The Morgan fingerprint density at radius 3 is 2.67 bits per heavy atom. The minimum atomic E-state index is -0.950. The predicted octanol–water partition coefficient (Wildman–Crippen LogP) is 2.66. The Labute approximate surface area is 108 Å². The molecule has 0 spiro atoms. The van der Waals surface area contributed by atoms with Crippen molar-refractivity contribution >= 4 is 17.9 Å². The van der Waals surface area contributed by atoms with Crippen LogP contribution in [-0.2, 0) is 4.79 Å². The van der Waals surface area contributed by atoms with Crippen LogP contribution in [0.3, 0.4) is 0 Å². The Bertz CT molecular complexity index is 410. The van der Waals surface area contributed by atoms with Crippen molar-refractivity contribution in [2.75, 3.05) is 18.0 Å². The number of hydrogen-bond acceptors (Lipinski definition) is 3. The van der Waals surface area contributed by atoms with Crippen LogP contribution in [0.15, 0.2) is 24.4 Å². The number of aromatic nitrogens is 1. The molecule has 1 heterocycles. The minimum absolute atomic E-state index is 0.582. The number of carboxylic acid groups (broad SMARTS) is 1. The second-order valence-electron chi connectivity index (χ2n) is 4.55. The fourth-order valence-electron chi connectivity index (χ4n) is 1.68. The van der Waals surface area contributed by atoms with Gasteiger partial charge in [0, 0.05) is 25.4 Å². The van der Waals surface area contributed by atoms with Crippen molar-refractivity contribution in [2.45, 2.75) is 20.8 Å². The van der Waals surface area contributed by atoms with E-state index in [4.69, 9.17) is 5.11 Å². The lowest BCUT2D eigenvalue weighted by Gasteiger charge is -2.23. The van der Waals surface area contributed by atoms with Crippen molar-refractivity contribution in [3.63, 3.8) is 0 Å². The highest BCUT2D eigenvalue weighted by atomic mass is 16.4. The first kappa shape index (κ1) is 14.2. The molecule has 0 aliphatic rings. The molecule has 0 aliphatic carbocycles. The maximum atomic E-state index is 10.4. The smallest absolute Gasteiger partial charge is 0.328 e. The van der Waals surface area contributed by atoms with E-state index in [2.05, 4.69) is 30.7 Å². The van der Waals surface area contributed by atoms with E-state index in [1.165, 1.54) is 6.08 Å². The lowest BCUT2D eigenvalue weighted by molar-refractivity contribution is -0.131. The molecule has 0 aromatic carbocycles. The minimum Gasteiger partial charge on any atom is -0.478 e. The number of carbonyl (C=O) groups is 1. The summed E-state index contributed by atoms with van der Waals surface area (Å²) in [7, 11) is 0. The van der Waals surface area contributed by atoms with Crippen molar-refractivity contribution in [1.29, 1.82) is 0 Å². The van der Waals surface area contributed by atoms with Gasteiger partial charge in [0.2, 0.25) is 0 Å². The van der Waals surface area contributed by atoms with Gasteiger partial charge in [-0.2, -0.15) is 0 Å². The van der Waals surface area contributed by atoms with Gasteiger partial charge in [-0.1, -0.05) is 13.8 Å². The Balaban J connectivity index is 2.77. The Kier molecular flexibility index (Phi) is 5.36. The molecule has 1 aromatic rings. The number of aliphatic carboxylic acids is 1. The summed E-state index contributed by atoms with van der Waals surface area (Å²) in [6, 6.07) is 3.80. The van der Waals surface area contributed by atoms with E-state index in [0.29, 0.717) is 5.92 Å². The zero-order valence-corrected chi connectivity index (χ0v) is 11.1. The normalized spacial score (nSPS) is 11.1. The molecule has 18 heavy (non-hydrogen) atoms. The highest BCUT2D eigenvalue weighted by Crippen LogP contribution is 2.13. The van der Waals surface area contributed by atoms with Gasteiger partial charge in [0.1, 0.15) is 5.82 Å². The van der Waals surface area contributed by atoms with Crippen LogP contribution >= 0.6 is 0 Å². The van der Waals surface area contributed by atoms with E-state index in [1.54, 1.807) is 6.20 Å². The summed E-state index contributed by atoms with van der Waals surface area (Å²) < 4.78 is 0. The SMILES string of the molecule is CCN(CC(C)C)c1ccc(/C=C/C(=O)O)cn1. The summed E-state index contributed by atoms with van der Waals surface area (Å²) in [6.07, 6.45) is 4.35. The average Bonchev–Trinajstić information content (AvgIpc) is 2.34. The average molecular weight is 248 g/mol. The van der Waals surface area contributed by atoms with Gasteiger partial charge in [-0.3, -0.25) is 0 Å². The van der Waals surface area contributed by atoms with Gasteiger partial charge in [0.25, 0.3) is 0 Å². The number of anilines is 1. The Morgan fingerprint density at radius 2 is 2.22 bits per heavy atom. The highest BCUT2D eigenvalue weighted by Gasteiger charge is 2.07. The van der Waals surface area contributed by atoms with Crippen molar-refractivity contribution in [2.24, 2.45) is 5.92 Å². The van der Waals surface area contributed by atoms with Crippen LogP contribution in [0.5, 0.6) is 0 Å². The van der Waals surface area contributed by atoms with E-state index in [1.807, 2.05) is 12.1 Å². The van der Waals surface area contributed by atoms with Gasteiger partial charge in [-0.15, -0.1) is 0 Å². The molecular formula is C14H20N2O2. The zero-order valence-electron chi connectivity index (χ0n) is 11.1. The molecule has 4 nitrogen and oxygen atoms in total. The molecule has 1 rings (SSSR count). The summed E-state index contributed by atoms with van der Waals surface area (Å²) in [5, 5.41) is 8.54. The molecule has 0 aliphatic heterocycles. The van der Waals surface area contributed by atoms with Crippen molar-refractivity contribution in [3.8, 4) is 0 Å². The first-order valence-corrected chi connectivity index (χ1v) is 6.15. The molecule has 1 aromatic heterocycles. The molecule has 0 fully saturated rings. The first-order chi connectivity index (χ1) is 8.52. The van der Waals surface area contributed by atoms with E-state index in [0.717, 1.165) is 30.5 Å². The van der Waals surface area contributed by atoms with Crippen LogP contribution in [0, 0.1) is 5.92 Å². The van der Waals surface area contributed by atoms with E-state index in [9.17, 15) is 4.79 Å². The van der Waals surface area contributed by atoms with Gasteiger partial charge in [-0.05, 0) is 36.6 Å². The van der Waals surface area contributed by atoms with Crippen LogP contribution in [0.2, 0.25) is 0 Å². The third-order valence-electron chi connectivity index (χ3n) is 2.48. The van der Waals surface area contributed by atoms with Crippen LogP contribution in [0.25, 0.3) is 6.08 Å².